The SMILES string of the molecule is COCCCOc1cc2c(cc1Cl)-c1cc(=O)c(I)cn1[C@H](C(C)C)CO2. The number of nitrogens with zero attached hydrogens (tertiary/aromatic N) is 1. The summed E-state index contributed by atoms with van der Waals surface area (Å²) in [5, 5.41) is 0.496. The summed E-state index contributed by atoms with van der Waals surface area (Å²) in [6.07, 6.45) is 2.68. The van der Waals surface area contributed by atoms with Gasteiger partial charge in [-0.25, -0.2) is 0 Å². The van der Waals surface area contributed by atoms with Crippen LogP contribution in [-0.4, -0.2) is 31.5 Å². The molecule has 2 heterocycles. The van der Waals surface area contributed by atoms with Gasteiger partial charge in [-0.2, -0.15) is 0 Å². The molecule has 2 aromatic rings. The first kappa shape index (κ1) is 20.5. The molecule has 3 rings (SSSR count). The van der Waals surface area contributed by atoms with Crippen LogP contribution in [0.4, 0.5) is 0 Å². The van der Waals surface area contributed by atoms with Crippen LogP contribution in [0, 0.1) is 9.49 Å². The Morgan fingerprint density at radius 2 is 2.11 bits per heavy atom. The van der Waals surface area contributed by atoms with E-state index in [2.05, 4.69) is 41.0 Å². The lowest BCUT2D eigenvalue weighted by atomic mass is 10.0. The molecule has 0 unspecified atom stereocenters. The van der Waals surface area contributed by atoms with Crippen molar-refractivity contribution in [1.29, 1.82) is 0 Å². The minimum absolute atomic E-state index is 0.00628. The molecule has 5 nitrogen and oxygen atoms in total. The number of rotatable bonds is 6. The van der Waals surface area contributed by atoms with E-state index in [1.54, 1.807) is 13.2 Å². The maximum atomic E-state index is 12.3. The van der Waals surface area contributed by atoms with Gasteiger partial charge in [-0.3, -0.25) is 4.79 Å². The van der Waals surface area contributed by atoms with Crippen molar-refractivity contribution in [3.63, 3.8) is 0 Å². The zero-order valence-corrected chi connectivity index (χ0v) is 18.5. The smallest absolute Gasteiger partial charge is 0.195 e. The molecular formula is C20H23ClINO4. The number of aromatic nitrogens is 1. The van der Waals surface area contributed by atoms with Gasteiger partial charge in [0.15, 0.2) is 5.43 Å². The van der Waals surface area contributed by atoms with Gasteiger partial charge in [0.1, 0.15) is 18.1 Å². The minimum Gasteiger partial charge on any atom is -0.492 e. The van der Waals surface area contributed by atoms with Crippen LogP contribution in [0.15, 0.2) is 29.2 Å². The second-order valence-corrected chi connectivity index (χ2v) is 8.44. The molecule has 0 radical (unpaired) electrons. The predicted octanol–water partition coefficient (Wildman–Crippen LogP) is 4.78. The third kappa shape index (κ3) is 4.43. The van der Waals surface area contributed by atoms with E-state index >= 15 is 0 Å². The van der Waals surface area contributed by atoms with E-state index in [-0.39, 0.29) is 11.5 Å². The largest absolute Gasteiger partial charge is 0.492 e. The molecule has 1 atom stereocenters. The maximum Gasteiger partial charge on any atom is 0.195 e. The highest BCUT2D eigenvalue weighted by molar-refractivity contribution is 14.1. The number of hydrogen-bond donors (Lipinski definition) is 0. The van der Waals surface area contributed by atoms with Crippen LogP contribution in [0.1, 0.15) is 26.3 Å². The van der Waals surface area contributed by atoms with Crippen LogP contribution in [0.25, 0.3) is 11.3 Å². The average Bonchev–Trinajstić information content (AvgIpc) is 2.76. The van der Waals surface area contributed by atoms with E-state index in [1.807, 2.05) is 18.3 Å². The summed E-state index contributed by atoms with van der Waals surface area (Å²) >= 11 is 8.54. The fourth-order valence-electron chi connectivity index (χ4n) is 3.13. The van der Waals surface area contributed by atoms with E-state index in [0.717, 1.165) is 17.7 Å². The van der Waals surface area contributed by atoms with Gasteiger partial charge in [-0.1, -0.05) is 25.4 Å². The molecule has 146 valence electrons. The Hall–Kier alpha value is -1.25. The van der Waals surface area contributed by atoms with Crippen molar-refractivity contribution in [3.8, 4) is 22.8 Å². The lowest BCUT2D eigenvalue weighted by molar-refractivity contribution is 0.172. The van der Waals surface area contributed by atoms with Crippen molar-refractivity contribution < 1.29 is 14.2 Å². The van der Waals surface area contributed by atoms with Crippen LogP contribution in [0.3, 0.4) is 0 Å². The Morgan fingerprint density at radius 3 is 2.81 bits per heavy atom. The summed E-state index contributed by atoms with van der Waals surface area (Å²) in [5.41, 5.74) is 1.62. The second kappa shape index (κ2) is 8.84. The van der Waals surface area contributed by atoms with Crippen molar-refractivity contribution in [2.24, 2.45) is 5.92 Å². The number of methoxy groups -OCH3 is 1. The highest BCUT2D eigenvalue weighted by Gasteiger charge is 2.26. The summed E-state index contributed by atoms with van der Waals surface area (Å²) in [6.45, 7) is 5.95. The third-order valence-electron chi connectivity index (χ3n) is 4.63. The van der Waals surface area contributed by atoms with Crippen LogP contribution < -0.4 is 14.9 Å². The summed E-state index contributed by atoms with van der Waals surface area (Å²) in [5.74, 6) is 1.60. The molecule has 0 amide bonds. The summed E-state index contributed by atoms with van der Waals surface area (Å²) in [4.78, 5) is 12.3. The maximum absolute atomic E-state index is 12.3. The van der Waals surface area contributed by atoms with E-state index in [9.17, 15) is 4.79 Å². The molecule has 0 bridgehead atoms. The molecule has 0 aliphatic carbocycles. The minimum atomic E-state index is -0.00628. The standard InChI is InChI=1S/C20H23ClINO4/c1-12(2)17-11-27-19-9-20(26-6-4-5-25-3)14(21)7-13(19)16-8-18(24)15(22)10-23(16)17/h7-10,12,17H,4-6,11H2,1-3H3/t17-/m0/s1. The van der Waals surface area contributed by atoms with Crippen LogP contribution in [0.5, 0.6) is 11.5 Å². The normalized spacial score (nSPS) is 15.7. The average molecular weight is 504 g/mol. The highest BCUT2D eigenvalue weighted by atomic mass is 127. The van der Waals surface area contributed by atoms with Crippen molar-refractivity contribution in [3.05, 3.63) is 43.2 Å². The monoisotopic (exact) mass is 503 g/mol. The molecule has 27 heavy (non-hydrogen) atoms. The molecule has 0 fully saturated rings. The Bertz CT molecular complexity index is 881. The molecule has 0 N–H and O–H groups in total. The predicted molar refractivity (Wildman–Crippen MR) is 115 cm³/mol. The van der Waals surface area contributed by atoms with Crippen molar-refractivity contribution in [2.75, 3.05) is 26.9 Å². The Morgan fingerprint density at radius 1 is 1.33 bits per heavy atom. The van der Waals surface area contributed by atoms with Crippen molar-refractivity contribution in [2.45, 2.75) is 26.3 Å². The number of halogens is 2. The molecule has 0 saturated heterocycles. The third-order valence-corrected chi connectivity index (χ3v) is 5.74. The quantitative estimate of drug-likeness (QED) is 0.421. The summed E-state index contributed by atoms with van der Waals surface area (Å²) in [6, 6.07) is 5.43. The van der Waals surface area contributed by atoms with Gasteiger partial charge in [-0.15, -0.1) is 0 Å². The van der Waals surface area contributed by atoms with Gasteiger partial charge in [0.05, 0.1) is 26.9 Å². The van der Waals surface area contributed by atoms with Crippen molar-refractivity contribution >= 4 is 34.2 Å². The van der Waals surface area contributed by atoms with Gasteiger partial charge < -0.3 is 18.8 Å². The Kier molecular flexibility index (Phi) is 6.70. The Balaban J connectivity index is 2.05. The molecule has 1 aromatic heterocycles. The zero-order valence-electron chi connectivity index (χ0n) is 15.6. The van der Waals surface area contributed by atoms with Crippen LogP contribution in [0.2, 0.25) is 5.02 Å². The molecule has 0 spiro atoms. The Labute approximate surface area is 177 Å². The molecule has 1 aliphatic rings. The summed E-state index contributed by atoms with van der Waals surface area (Å²) < 4.78 is 19.8. The van der Waals surface area contributed by atoms with Crippen LogP contribution in [-0.2, 0) is 4.74 Å². The van der Waals surface area contributed by atoms with Crippen LogP contribution >= 0.6 is 34.2 Å². The van der Waals surface area contributed by atoms with E-state index in [0.29, 0.717) is 45.8 Å². The second-order valence-electron chi connectivity index (χ2n) is 6.87. The highest BCUT2D eigenvalue weighted by Crippen LogP contribution is 2.42. The van der Waals surface area contributed by atoms with Gasteiger partial charge in [-0.05, 0) is 34.6 Å². The molecule has 7 heteroatoms. The summed E-state index contributed by atoms with van der Waals surface area (Å²) in [7, 11) is 1.66. The zero-order chi connectivity index (χ0) is 19.6. The number of fused-ring (bicyclic) bond motifs is 3. The molecule has 0 saturated carbocycles. The van der Waals surface area contributed by atoms with E-state index in [4.69, 9.17) is 25.8 Å². The van der Waals surface area contributed by atoms with E-state index < -0.39 is 0 Å². The fraction of sp³-hybridized carbons (Fsp3) is 0.450. The first-order chi connectivity index (χ1) is 12.9. The topological polar surface area (TPSA) is 49.7 Å². The molecule has 1 aliphatic heterocycles. The number of hydrogen-bond acceptors (Lipinski definition) is 4. The van der Waals surface area contributed by atoms with E-state index in [1.165, 1.54) is 0 Å². The number of benzene rings is 1. The van der Waals surface area contributed by atoms with Gasteiger partial charge >= 0.3 is 0 Å². The molecular weight excluding hydrogens is 481 g/mol. The fourth-order valence-corrected chi connectivity index (χ4v) is 3.81. The first-order valence-corrected chi connectivity index (χ1v) is 10.4. The lowest BCUT2D eigenvalue weighted by Crippen LogP contribution is -2.24. The number of pyridine rings is 1. The van der Waals surface area contributed by atoms with Crippen molar-refractivity contribution in [1.82, 2.24) is 4.57 Å². The van der Waals surface area contributed by atoms with Gasteiger partial charge in [0.2, 0.25) is 0 Å². The number of ether oxygens (including phenoxy) is 3. The first-order valence-electron chi connectivity index (χ1n) is 8.92. The van der Waals surface area contributed by atoms with Gasteiger partial charge in [0.25, 0.3) is 0 Å². The lowest BCUT2D eigenvalue weighted by Gasteiger charge is -2.24. The molecule has 1 aromatic carbocycles. The van der Waals surface area contributed by atoms with Gasteiger partial charge in [0, 0.05) is 44.0 Å².